The van der Waals surface area contributed by atoms with E-state index in [9.17, 15) is 14.0 Å². The van der Waals surface area contributed by atoms with Gasteiger partial charge in [-0.15, -0.1) is 0 Å². The molecule has 0 spiro atoms. The Morgan fingerprint density at radius 1 is 1.13 bits per heavy atom. The van der Waals surface area contributed by atoms with Crippen molar-refractivity contribution < 1.29 is 23.1 Å². The number of carbonyl (C=O) groups excluding carboxylic acids is 1. The molecule has 0 fully saturated rings. The molecule has 0 radical (unpaired) electrons. The van der Waals surface area contributed by atoms with Gasteiger partial charge >= 0.3 is 0 Å². The fraction of sp³-hybridized carbons (Fsp3) is 0.217. The first-order valence-corrected chi connectivity index (χ1v) is 9.99. The normalized spacial score (nSPS) is 10.7. The first-order chi connectivity index (χ1) is 15.0. The van der Waals surface area contributed by atoms with Gasteiger partial charge in [0.05, 0.1) is 5.02 Å². The summed E-state index contributed by atoms with van der Waals surface area (Å²) in [5.74, 6) is -1.27. The molecule has 0 unspecified atom stereocenters. The highest BCUT2D eigenvalue weighted by molar-refractivity contribution is 6.30. The third kappa shape index (κ3) is 5.71. The summed E-state index contributed by atoms with van der Waals surface area (Å²) in [5.41, 5.74) is 0.140. The van der Waals surface area contributed by atoms with Crippen molar-refractivity contribution >= 4 is 17.5 Å². The summed E-state index contributed by atoms with van der Waals surface area (Å²) in [5, 5.41) is 2.45. The zero-order chi connectivity index (χ0) is 22.2. The third-order valence-electron chi connectivity index (χ3n) is 4.40. The maximum atomic E-state index is 14.0. The van der Waals surface area contributed by atoms with Gasteiger partial charge in [-0.25, -0.2) is 4.39 Å². The Bertz CT molecular complexity index is 1100. The van der Waals surface area contributed by atoms with Gasteiger partial charge in [-0.1, -0.05) is 54.1 Å². The lowest BCUT2D eigenvalue weighted by Gasteiger charge is -2.12. The van der Waals surface area contributed by atoms with E-state index >= 15 is 0 Å². The standard InChI is InChI=1S/C23H21ClFNO5/c1-2-29-14-19-22(31-12-15-7-4-3-5-8-15)21(27)17(13-30-19)23(28)26-11-16-9-6-10-18(24)20(16)25/h3-10,13H,2,11-12,14H2,1H3,(H,26,28). The zero-order valence-electron chi connectivity index (χ0n) is 16.8. The summed E-state index contributed by atoms with van der Waals surface area (Å²) < 4.78 is 30.5. The fourth-order valence-electron chi connectivity index (χ4n) is 2.77. The topological polar surface area (TPSA) is 77.8 Å². The molecule has 6 nitrogen and oxygen atoms in total. The van der Waals surface area contributed by atoms with Crippen molar-refractivity contribution in [3.63, 3.8) is 0 Å². The number of rotatable bonds is 9. The lowest BCUT2D eigenvalue weighted by Crippen LogP contribution is -2.29. The van der Waals surface area contributed by atoms with Gasteiger partial charge in [-0.2, -0.15) is 0 Å². The molecule has 0 saturated carbocycles. The minimum Gasteiger partial charge on any atom is -0.482 e. The average molecular weight is 446 g/mol. The van der Waals surface area contributed by atoms with Crippen LogP contribution in [-0.2, 0) is 24.5 Å². The quantitative estimate of drug-likeness (QED) is 0.525. The molecule has 0 aliphatic carbocycles. The van der Waals surface area contributed by atoms with Gasteiger partial charge in [-0.3, -0.25) is 9.59 Å². The molecule has 0 bridgehead atoms. The van der Waals surface area contributed by atoms with E-state index in [0.29, 0.717) is 6.61 Å². The summed E-state index contributed by atoms with van der Waals surface area (Å²) >= 11 is 5.76. The van der Waals surface area contributed by atoms with Crippen LogP contribution >= 0.6 is 11.6 Å². The maximum absolute atomic E-state index is 14.0. The minimum atomic E-state index is -0.722. The van der Waals surface area contributed by atoms with Crippen LogP contribution in [0.5, 0.6) is 5.75 Å². The number of amides is 1. The van der Waals surface area contributed by atoms with Crippen molar-refractivity contribution in [1.29, 1.82) is 0 Å². The molecule has 1 N–H and O–H groups in total. The highest BCUT2D eigenvalue weighted by atomic mass is 35.5. The summed E-state index contributed by atoms with van der Waals surface area (Å²) in [4.78, 5) is 25.5. The van der Waals surface area contributed by atoms with Crippen LogP contribution in [-0.4, -0.2) is 12.5 Å². The largest absolute Gasteiger partial charge is 0.482 e. The monoisotopic (exact) mass is 445 g/mol. The molecule has 1 heterocycles. The van der Waals surface area contributed by atoms with Gasteiger partial charge in [0, 0.05) is 18.7 Å². The fourth-order valence-corrected chi connectivity index (χ4v) is 2.96. The van der Waals surface area contributed by atoms with Gasteiger partial charge in [0.15, 0.2) is 5.76 Å². The highest BCUT2D eigenvalue weighted by Gasteiger charge is 2.21. The lowest BCUT2D eigenvalue weighted by atomic mass is 10.2. The van der Waals surface area contributed by atoms with Crippen LogP contribution in [0.15, 0.2) is 64.0 Å². The van der Waals surface area contributed by atoms with Crippen LogP contribution in [0.4, 0.5) is 4.39 Å². The van der Waals surface area contributed by atoms with Gasteiger partial charge in [0.2, 0.25) is 11.2 Å². The van der Waals surface area contributed by atoms with Gasteiger partial charge in [0.1, 0.15) is 30.9 Å². The molecule has 8 heteroatoms. The van der Waals surface area contributed by atoms with Gasteiger partial charge < -0.3 is 19.2 Å². The summed E-state index contributed by atoms with van der Waals surface area (Å²) in [6.07, 6.45) is 1.05. The van der Waals surface area contributed by atoms with Gasteiger partial charge in [0.25, 0.3) is 5.91 Å². The Morgan fingerprint density at radius 2 is 1.90 bits per heavy atom. The summed E-state index contributed by atoms with van der Waals surface area (Å²) in [6, 6.07) is 13.7. The average Bonchev–Trinajstić information content (AvgIpc) is 2.78. The number of hydrogen-bond donors (Lipinski definition) is 1. The molecule has 1 amide bonds. The zero-order valence-corrected chi connectivity index (χ0v) is 17.6. The Kier molecular flexibility index (Phi) is 7.81. The summed E-state index contributed by atoms with van der Waals surface area (Å²) in [6.45, 7) is 2.20. The minimum absolute atomic E-state index is 0.0193. The van der Waals surface area contributed by atoms with Crippen molar-refractivity contribution in [2.75, 3.05) is 6.61 Å². The number of nitrogens with one attached hydrogen (secondary N) is 1. The number of ether oxygens (including phenoxy) is 2. The predicted octanol–water partition coefficient (Wildman–Crippen LogP) is 4.48. The Balaban J connectivity index is 1.81. The molecule has 0 saturated heterocycles. The molecule has 31 heavy (non-hydrogen) atoms. The van der Waals surface area contributed by atoms with Crippen molar-refractivity contribution in [2.24, 2.45) is 0 Å². The van der Waals surface area contributed by atoms with E-state index in [4.69, 9.17) is 25.5 Å². The molecule has 2 aromatic carbocycles. The van der Waals surface area contributed by atoms with Crippen LogP contribution in [0.2, 0.25) is 5.02 Å². The van der Waals surface area contributed by atoms with Crippen LogP contribution < -0.4 is 15.5 Å². The first kappa shape index (κ1) is 22.5. The van der Waals surface area contributed by atoms with E-state index in [0.717, 1.165) is 11.8 Å². The Hall–Kier alpha value is -3.16. The highest BCUT2D eigenvalue weighted by Crippen LogP contribution is 2.19. The maximum Gasteiger partial charge on any atom is 0.258 e. The number of carbonyl (C=O) groups is 1. The van der Waals surface area contributed by atoms with Gasteiger partial charge in [-0.05, 0) is 18.6 Å². The van der Waals surface area contributed by atoms with Crippen molar-refractivity contribution in [3.8, 4) is 5.75 Å². The van der Waals surface area contributed by atoms with E-state index in [1.165, 1.54) is 12.1 Å². The molecule has 162 valence electrons. The van der Waals surface area contributed by atoms with E-state index in [-0.39, 0.29) is 47.4 Å². The first-order valence-electron chi connectivity index (χ1n) is 9.61. The molecular weight excluding hydrogens is 425 g/mol. The lowest BCUT2D eigenvalue weighted by molar-refractivity contribution is 0.0938. The molecule has 3 rings (SSSR count). The second kappa shape index (κ2) is 10.7. The third-order valence-corrected chi connectivity index (χ3v) is 4.69. The predicted molar refractivity (Wildman–Crippen MR) is 114 cm³/mol. The Morgan fingerprint density at radius 3 is 2.65 bits per heavy atom. The van der Waals surface area contributed by atoms with Crippen molar-refractivity contribution in [1.82, 2.24) is 5.32 Å². The van der Waals surface area contributed by atoms with E-state index in [2.05, 4.69) is 5.32 Å². The molecule has 3 aromatic rings. The molecule has 0 aliphatic rings. The van der Waals surface area contributed by atoms with E-state index < -0.39 is 17.2 Å². The second-order valence-electron chi connectivity index (χ2n) is 6.54. The molecule has 1 aromatic heterocycles. The van der Waals surface area contributed by atoms with E-state index in [1.807, 2.05) is 30.3 Å². The van der Waals surface area contributed by atoms with Crippen LogP contribution in [0, 0.1) is 5.82 Å². The van der Waals surface area contributed by atoms with Crippen LogP contribution in [0.3, 0.4) is 0 Å². The molecule has 0 atom stereocenters. The molecule has 0 aliphatic heterocycles. The van der Waals surface area contributed by atoms with Crippen molar-refractivity contribution in [2.45, 2.75) is 26.7 Å². The Labute approximate surface area is 183 Å². The second-order valence-corrected chi connectivity index (χ2v) is 6.95. The molecular formula is C23H21ClFNO5. The van der Waals surface area contributed by atoms with Crippen LogP contribution in [0.25, 0.3) is 0 Å². The smallest absolute Gasteiger partial charge is 0.258 e. The number of halogens is 2. The SMILES string of the molecule is CCOCc1occ(C(=O)NCc2cccc(Cl)c2F)c(=O)c1OCc1ccccc1. The summed E-state index contributed by atoms with van der Waals surface area (Å²) in [7, 11) is 0. The van der Waals surface area contributed by atoms with E-state index in [1.54, 1.807) is 13.0 Å². The number of benzene rings is 2. The van der Waals surface area contributed by atoms with Crippen LogP contribution in [0.1, 0.15) is 34.2 Å². The number of hydrogen-bond acceptors (Lipinski definition) is 5. The van der Waals surface area contributed by atoms with Crippen molar-refractivity contribution in [3.05, 3.63) is 98.3 Å².